The smallest absolute Gasteiger partial charge is 0.251 e. The standard InChI is InChI=1S/C31H39N3O3/c1-36-29-15-14-26(31(35)33-20-23-17-24-11-6-7-13-28(24)32-19-23)27(30(29)37-2)18-25-12-8-16-34(25)21-22-9-4-3-5-10-22/h6-7,11,13-15,17,19,22,25H,3-5,8-10,12,16,18,20-21H2,1-2H3,(H,33,35)/t25-/m0/s1. The van der Waals surface area contributed by atoms with Crippen LogP contribution in [0.4, 0.5) is 0 Å². The first-order chi connectivity index (χ1) is 18.2. The Morgan fingerprint density at radius 3 is 2.68 bits per heavy atom. The molecule has 1 N–H and O–H groups in total. The van der Waals surface area contributed by atoms with E-state index in [0.717, 1.165) is 47.3 Å². The van der Waals surface area contributed by atoms with E-state index < -0.39 is 0 Å². The summed E-state index contributed by atoms with van der Waals surface area (Å²) in [6.45, 7) is 2.74. The first-order valence-corrected chi connectivity index (χ1v) is 13.8. The molecule has 2 aromatic carbocycles. The molecule has 1 saturated heterocycles. The van der Waals surface area contributed by atoms with E-state index in [2.05, 4.69) is 21.3 Å². The summed E-state index contributed by atoms with van der Waals surface area (Å²) in [7, 11) is 3.32. The lowest BCUT2D eigenvalue weighted by atomic mass is 9.88. The van der Waals surface area contributed by atoms with Gasteiger partial charge in [0.2, 0.25) is 0 Å². The van der Waals surface area contributed by atoms with Gasteiger partial charge in [0.25, 0.3) is 5.91 Å². The topological polar surface area (TPSA) is 63.7 Å². The summed E-state index contributed by atoms with van der Waals surface area (Å²) in [6, 6.07) is 14.2. The first kappa shape index (κ1) is 25.5. The molecule has 6 nitrogen and oxygen atoms in total. The molecule has 2 heterocycles. The highest BCUT2D eigenvalue weighted by molar-refractivity contribution is 5.97. The third kappa shape index (κ3) is 5.90. The molecule has 0 bridgehead atoms. The molecule has 2 aliphatic rings. The van der Waals surface area contributed by atoms with Gasteiger partial charge in [0.05, 0.1) is 19.7 Å². The predicted molar refractivity (Wildman–Crippen MR) is 147 cm³/mol. The molecule has 3 aromatic rings. The lowest BCUT2D eigenvalue weighted by Crippen LogP contribution is -2.36. The zero-order valence-electron chi connectivity index (χ0n) is 22.2. The van der Waals surface area contributed by atoms with Gasteiger partial charge in [0, 0.05) is 41.8 Å². The fourth-order valence-corrected chi connectivity index (χ4v) is 6.20. The van der Waals surface area contributed by atoms with Crippen LogP contribution in [0.2, 0.25) is 0 Å². The Kier molecular flexibility index (Phi) is 8.24. The third-order valence-electron chi connectivity index (χ3n) is 8.15. The number of para-hydroxylation sites is 1. The van der Waals surface area contributed by atoms with E-state index in [0.29, 0.717) is 29.6 Å². The molecule has 196 valence electrons. The van der Waals surface area contributed by atoms with Crippen LogP contribution in [0.15, 0.2) is 48.7 Å². The molecule has 5 rings (SSSR count). The van der Waals surface area contributed by atoms with Crippen LogP contribution in [0.25, 0.3) is 10.9 Å². The number of nitrogens with one attached hydrogen (secondary N) is 1. The second-order valence-electron chi connectivity index (χ2n) is 10.5. The maximum absolute atomic E-state index is 13.5. The van der Waals surface area contributed by atoms with Crippen molar-refractivity contribution in [2.75, 3.05) is 27.3 Å². The van der Waals surface area contributed by atoms with E-state index >= 15 is 0 Å². The summed E-state index contributed by atoms with van der Waals surface area (Å²) in [6.07, 6.45) is 11.8. The van der Waals surface area contributed by atoms with Crippen molar-refractivity contribution in [2.24, 2.45) is 5.92 Å². The minimum atomic E-state index is -0.0964. The Balaban J connectivity index is 1.35. The highest BCUT2D eigenvalue weighted by Crippen LogP contribution is 2.37. The first-order valence-electron chi connectivity index (χ1n) is 13.8. The summed E-state index contributed by atoms with van der Waals surface area (Å²) in [5, 5.41) is 4.19. The molecule has 1 aliphatic carbocycles. The van der Waals surface area contributed by atoms with Crippen molar-refractivity contribution in [2.45, 2.75) is 64.0 Å². The number of hydrogen-bond donors (Lipinski definition) is 1. The predicted octanol–water partition coefficient (Wildman–Crippen LogP) is 5.77. The number of ether oxygens (including phenoxy) is 2. The van der Waals surface area contributed by atoms with Crippen LogP contribution in [-0.2, 0) is 13.0 Å². The van der Waals surface area contributed by atoms with Gasteiger partial charge in [0.1, 0.15) is 0 Å². The van der Waals surface area contributed by atoms with E-state index in [4.69, 9.17) is 9.47 Å². The zero-order valence-corrected chi connectivity index (χ0v) is 22.2. The van der Waals surface area contributed by atoms with Crippen molar-refractivity contribution in [3.8, 4) is 11.5 Å². The Bertz CT molecular complexity index is 1220. The summed E-state index contributed by atoms with van der Waals surface area (Å²) in [5.41, 5.74) is 3.53. The molecule has 1 aromatic heterocycles. The summed E-state index contributed by atoms with van der Waals surface area (Å²) in [5.74, 6) is 2.05. The van der Waals surface area contributed by atoms with Crippen LogP contribution >= 0.6 is 0 Å². The van der Waals surface area contributed by atoms with Crippen LogP contribution in [0.1, 0.15) is 66.4 Å². The minimum Gasteiger partial charge on any atom is -0.493 e. The SMILES string of the molecule is COc1ccc(C(=O)NCc2cnc3ccccc3c2)c(C[C@@H]2CCCN2CC2CCCCC2)c1OC. The maximum Gasteiger partial charge on any atom is 0.251 e. The molecular formula is C31H39N3O3. The average Bonchev–Trinajstić information content (AvgIpc) is 3.38. The molecule has 1 amide bonds. The second-order valence-corrected chi connectivity index (χ2v) is 10.5. The highest BCUT2D eigenvalue weighted by Gasteiger charge is 2.30. The monoisotopic (exact) mass is 501 g/mol. The number of aromatic nitrogens is 1. The molecule has 1 saturated carbocycles. The number of likely N-dealkylation sites (tertiary alicyclic amines) is 1. The molecular weight excluding hydrogens is 462 g/mol. The molecule has 1 aliphatic heterocycles. The van der Waals surface area contributed by atoms with Gasteiger partial charge in [-0.3, -0.25) is 14.7 Å². The third-order valence-corrected chi connectivity index (χ3v) is 8.15. The van der Waals surface area contributed by atoms with Crippen LogP contribution in [0, 0.1) is 5.92 Å². The molecule has 6 heteroatoms. The van der Waals surface area contributed by atoms with Crippen molar-refractivity contribution >= 4 is 16.8 Å². The van der Waals surface area contributed by atoms with Crippen LogP contribution < -0.4 is 14.8 Å². The van der Waals surface area contributed by atoms with Crippen LogP contribution in [0.3, 0.4) is 0 Å². The Labute approximate surface area is 220 Å². The largest absolute Gasteiger partial charge is 0.493 e. The minimum absolute atomic E-state index is 0.0964. The Morgan fingerprint density at radius 1 is 1.03 bits per heavy atom. The zero-order chi connectivity index (χ0) is 25.6. The summed E-state index contributed by atoms with van der Waals surface area (Å²) < 4.78 is 11.4. The number of rotatable bonds is 9. The van der Waals surface area contributed by atoms with Gasteiger partial charge in [-0.05, 0) is 74.4 Å². The van der Waals surface area contributed by atoms with E-state index in [9.17, 15) is 4.79 Å². The normalized spacial score (nSPS) is 18.7. The summed E-state index contributed by atoms with van der Waals surface area (Å²) >= 11 is 0. The molecule has 0 spiro atoms. The number of nitrogens with zero attached hydrogens (tertiary/aromatic N) is 2. The van der Waals surface area contributed by atoms with E-state index in [-0.39, 0.29) is 5.91 Å². The number of hydrogen-bond acceptors (Lipinski definition) is 5. The van der Waals surface area contributed by atoms with Gasteiger partial charge in [-0.15, -0.1) is 0 Å². The van der Waals surface area contributed by atoms with Crippen LogP contribution in [0.5, 0.6) is 11.5 Å². The fraction of sp³-hybridized carbons (Fsp3) is 0.484. The number of methoxy groups -OCH3 is 2. The molecule has 37 heavy (non-hydrogen) atoms. The number of benzene rings is 2. The van der Waals surface area contributed by atoms with Gasteiger partial charge >= 0.3 is 0 Å². The van der Waals surface area contributed by atoms with Gasteiger partial charge in [-0.1, -0.05) is 37.5 Å². The molecule has 1 atom stereocenters. The molecule has 0 unspecified atom stereocenters. The van der Waals surface area contributed by atoms with Crippen molar-refractivity contribution in [3.05, 3.63) is 65.4 Å². The second kappa shape index (κ2) is 12.0. The molecule has 0 radical (unpaired) electrons. The fourth-order valence-electron chi connectivity index (χ4n) is 6.20. The van der Waals surface area contributed by atoms with E-state index in [1.165, 1.54) is 45.1 Å². The number of pyridine rings is 1. The van der Waals surface area contributed by atoms with Gasteiger partial charge in [0.15, 0.2) is 11.5 Å². The Hall–Kier alpha value is -3.12. The number of fused-ring (bicyclic) bond motifs is 1. The van der Waals surface area contributed by atoms with Crippen LogP contribution in [-0.4, -0.2) is 49.1 Å². The maximum atomic E-state index is 13.5. The van der Waals surface area contributed by atoms with Crippen molar-refractivity contribution in [1.82, 2.24) is 15.2 Å². The lowest BCUT2D eigenvalue weighted by Gasteiger charge is -2.31. The Morgan fingerprint density at radius 2 is 1.86 bits per heavy atom. The lowest BCUT2D eigenvalue weighted by molar-refractivity contribution is 0.0948. The molecule has 2 fully saturated rings. The number of carbonyl (C=O) groups is 1. The van der Waals surface area contributed by atoms with Crippen molar-refractivity contribution in [1.29, 1.82) is 0 Å². The van der Waals surface area contributed by atoms with Crippen molar-refractivity contribution in [3.63, 3.8) is 0 Å². The highest BCUT2D eigenvalue weighted by atomic mass is 16.5. The van der Waals surface area contributed by atoms with Gasteiger partial charge in [-0.2, -0.15) is 0 Å². The number of amides is 1. The van der Waals surface area contributed by atoms with Crippen molar-refractivity contribution < 1.29 is 14.3 Å². The average molecular weight is 502 g/mol. The van der Waals surface area contributed by atoms with E-state index in [1.807, 2.05) is 42.6 Å². The van der Waals surface area contributed by atoms with E-state index in [1.54, 1.807) is 14.2 Å². The van der Waals surface area contributed by atoms with Gasteiger partial charge in [-0.25, -0.2) is 0 Å². The van der Waals surface area contributed by atoms with Gasteiger partial charge < -0.3 is 14.8 Å². The summed E-state index contributed by atoms with van der Waals surface area (Å²) in [4.78, 5) is 20.7. The number of carbonyl (C=O) groups excluding carboxylic acids is 1. The quantitative estimate of drug-likeness (QED) is 0.403.